The first-order chi connectivity index (χ1) is 44.8. The lowest BCUT2D eigenvalue weighted by molar-refractivity contribution is 1.30. The standard InChI is InChI=1S/6C9H8.C8H8.14C2H6/c6*1-2-5-9-7-3-6-8(9)4-1;1-3-7-5-2-6-8(7)4-1;14*1-2/h6*1-6H,7H2;1-3,6H,4-5H2;14*1-2H3. The normalized spacial score (nSPS) is 11.2. The average Bonchev–Trinajstić information content (AvgIpc) is 4.61. The number of fused-ring (bicyclic) bond motifs is 6. The van der Waals surface area contributed by atoms with E-state index in [-0.39, 0.29) is 0 Å². The quantitative estimate of drug-likeness (QED) is 0.142. The van der Waals surface area contributed by atoms with Gasteiger partial charge in [0.1, 0.15) is 0 Å². The van der Waals surface area contributed by atoms with Gasteiger partial charge in [-0.05, 0) is 129 Å². The second-order valence-electron chi connectivity index (χ2n) is 16.1. The van der Waals surface area contributed by atoms with Crippen LogP contribution in [0, 0.1) is 0 Å². The Kier molecular flexibility index (Phi) is 83.8. The molecule has 0 saturated heterocycles. The van der Waals surface area contributed by atoms with Gasteiger partial charge in [0.2, 0.25) is 0 Å². The lowest BCUT2D eigenvalue weighted by Gasteiger charge is -1.93. The molecule has 0 unspecified atom stereocenters. The molecule has 0 atom stereocenters. The SMILES string of the molecule is C1=CC2=C(C=CC2)C1.C1=Cc2ccccc2C1.C1=Cc2ccccc2C1.C1=Cc2ccccc2C1.C1=Cc2ccccc2C1.C1=Cc2ccccc2C1.C1=Cc2ccccc2C1.CC.CC.CC.CC.CC.CC.CC.CC.CC.CC.CC.CC.CC.CC. The van der Waals surface area contributed by atoms with Gasteiger partial charge in [0.05, 0.1) is 0 Å². The van der Waals surface area contributed by atoms with E-state index in [1.807, 2.05) is 194 Å². The molecule has 0 N–H and O–H groups in total. The molecular weight excluding hydrogens is 1080 g/mol. The zero-order chi connectivity index (χ0) is 70.0. The second-order valence-corrected chi connectivity index (χ2v) is 16.1. The first-order valence-corrected chi connectivity index (χ1v) is 36.3. The van der Waals surface area contributed by atoms with E-state index in [0.717, 1.165) is 38.5 Å². The van der Waals surface area contributed by atoms with Crippen LogP contribution in [0.15, 0.2) is 217 Å². The maximum absolute atomic E-state index is 2.23. The third-order valence-electron chi connectivity index (χ3n) is 11.9. The van der Waals surface area contributed by atoms with E-state index in [9.17, 15) is 0 Å². The summed E-state index contributed by atoms with van der Waals surface area (Å²) in [7, 11) is 0. The van der Waals surface area contributed by atoms with Crippen LogP contribution in [-0.2, 0) is 38.5 Å². The van der Waals surface area contributed by atoms with Crippen LogP contribution in [-0.4, -0.2) is 0 Å². The van der Waals surface area contributed by atoms with Gasteiger partial charge in [0, 0.05) is 0 Å². The zero-order valence-electron chi connectivity index (χ0n) is 63.8. The summed E-state index contributed by atoms with van der Waals surface area (Å²) in [6, 6.07) is 51.0. The molecule has 0 spiro atoms. The van der Waals surface area contributed by atoms with Crippen LogP contribution in [0.25, 0.3) is 36.5 Å². The topological polar surface area (TPSA) is 0 Å². The first-order valence-electron chi connectivity index (χ1n) is 36.3. The Bertz CT molecular complexity index is 2280. The molecule has 8 aliphatic carbocycles. The highest BCUT2D eigenvalue weighted by atomic mass is 14.1. The molecule has 8 aliphatic rings. The molecule has 0 amide bonds. The van der Waals surface area contributed by atoms with Gasteiger partial charge in [-0.2, -0.15) is 0 Å². The molecule has 0 aliphatic heterocycles. The van der Waals surface area contributed by atoms with E-state index in [2.05, 4.69) is 243 Å². The third-order valence-corrected chi connectivity index (χ3v) is 11.9. The number of hydrogen-bond donors (Lipinski definition) is 0. The summed E-state index contributed by atoms with van der Waals surface area (Å²) in [4.78, 5) is 0. The Morgan fingerprint density at radius 1 is 0.144 bits per heavy atom. The molecule has 0 nitrogen and oxygen atoms in total. The van der Waals surface area contributed by atoms with Gasteiger partial charge in [-0.25, -0.2) is 0 Å². The highest BCUT2D eigenvalue weighted by Gasteiger charge is 2.09. The number of allylic oxidation sites excluding steroid dienone is 12. The Hall–Kier alpha value is -7.02. The summed E-state index contributed by atoms with van der Waals surface area (Å²) in [6.07, 6.45) is 44.2. The van der Waals surface area contributed by atoms with Gasteiger partial charge < -0.3 is 0 Å². The number of rotatable bonds is 0. The molecule has 0 aromatic heterocycles. The summed E-state index contributed by atoms with van der Waals surface area (Å²) in [5.74, 6) is 0. The fourth-order valence-electron chi connectivity index (χ4n) is 8.44. The minimum atomic E-state index is 1.12. The van der Waals surface area contributed by atoms with Crippen molar-refractivity contribution in [1.82, 2.24) is 0 Å². The van der Waals surface area contributed by atoms with Crippen LogP contribution in [0.5, 0.6) is 0 Å². The van der Waals surface area contributed by atoms with Gasteiger partial charge in [-0.3, -0.25) is 0 Å². The van der Waals surface area contributed by atoms with Gasteiger partial charge in [-0.1, -0.05) is 437 Å². The second kappa shape index (κ2) is 78.1. The predicted octanol–water partition coefficient (Wildman–Crippen LogP) is 30.1. The summed E-state index contributed by atoms with van der Waals surface area (Å²) in [5, 5.41) is 0. The van der Waals surface area contributed by atoms with Gasteiger partial charge >= 0.3 is 0 Å². The van der Waals surface area contributed by atoms with Crippen molar-refractivity contribution in [3.05, 3.63) is 284 Å². The van der Waals surface area contributed by atoms with Crippen molar-refractivity contribution in [2.75, 3.05) is 0 Å². The summed E-state index contributed by atoms with van der Waals surface area (Å²) < 4.78 is 0. The van der Waals surface area contributed by atoms with Crippen LogP contribution in [0.1, 0.15) is 273 Å². The highest BCUT2D eigenvalue weighted by molar-refractivity contribution is 5.63. The van der Waals surface area contributed by atoms with Gasteiger partial charge in [0.15, 0.2) is 0 Å². The Balaban J connectivity index is -0.000000168. The van der Waals surface area contributed by atoms with E-state index in [4.69, 9.17) is 0 Å². The van der Waals surface area contributed by atoms with Crippen LogP contribution in [0.3, 0.4) is 0 Å². The molecule has 6 aromatic carbocycles. The van der Waals surface area contributed by atoms with E-state index >= 15 is 0 Å². The highest BCUT2D eigenvalue weighted by Crippen LogP contribution is 2.28. The third kappa shape index (κ3) is 42.1. The molecule has 0 heterocycles. The van der Waals surface area contributed by atoms with Crippen molar-refractivity contribution < 1.29 is 0 Å². The van der Waals surface area contributed by atoms with E-state index < -0.39 is 0 Å². The fraction of sp³-hybridized carbons (Fsp3) is 0.400. The molecule has 0 saturated carbocycles. The van der Waals surface area contributed by atoms with Crippen LogP contribution in [0.4, 0.5) is 0 Å². The molecule has 6 aromatic rings. The van der Waals surface area contributed by atoms with Crippen molar-refractivity contribution in [1.29, 1.82) is 0 Å². The van der Waals surface area contributed by atoms with E-state index in [1.165, 1.54) is 90.7 Å². The summed E-state index contributed by atoms with van der Waals surface area (Å²) in [5.41, 5.74) is 20.1. The smallest absolute Gasteiger partial charge is 0.00882 e. The van der Waals surface area contributed by atoms with Crippen molar-refractivity contribution in [3.63, 3.8) is 0 Å². The monoisotopic (exact) mass is 1220 g/mol. The molecule has 0 heteroatoms. The van der Waals surface area contributed by atoms with Crippen LogP contribution < -0.4 is 0 Å². The summed E-state index contributed by atoms with van der Waals surface area (Å²) in [6.45, 7) is 56.0. The lowest BCUT2D eigenvalue weighted by atomic mass is 10.1. The molecule has 14 rings (SSSR count). The number of hydrogen-bond acceptors (Lipinski definition) is 0. The Morgan fingerprint density at radius 3 is 0.400 bits per heavy atom. The Morgan fingerprint density at radius 2 is 0.267 bits per heavy atom. The molecule has 500 valence electrons. The van der Waals surface area contributed by atoms with Crippen LogP contribution in [0.2, 0.25) is 0 Å². The molecule has 90 heavy (non-hydrogen) atoms. The fourth-order valence-corrected chi connectivity index (χ4v) is 8.44. The number of benzene rings is 6. The Labute approximate surface area is 562 Å². The first kappa shape index (κ1) is 96.6. The maximum atomic E-state index is 2.23. The maximum Gasteiger partial charge on any atom is -0.00882 e. The minimum absolute atomic E-state index is 1.12. The van der Waals surface area contributed by atoms with Crippen molar-refractivity contribution >= 4 is 36.5 Å². The van der Waals surface area contributed by atoms with E-state index in [1.54, 1.807) is 0 Å². The zero-order valence-corrected chi connectivity index (χ0v) is 63.8. The molecule has 0 radical (unpaired) electrons. The summed E-state index contributed by atoms with van der Waals surface area (Å²) >= 11 is 0. The van der Waals surface area contributed by atoms with Gasteiger partial charge in [-0.15, -0.1) is 0 Å². The lowest BCUT2D eigenvalue weighted by Crippen LogP contribution is -1.76. The molecule has 0 fully saturated rings. The van der Waals surface area contributed by atoms with Crippen molar-refractivity contribution in [3.8, 4) is 0 Å². The van der Waals surface area contributed by atoms with Gasteiger partial charge in [0.25, 0.3) is 0 Å². The molecule has 0 bridgehead atoms. The van der Waals surface area contributed by atoms with E-state index in [0.29, 0.717) is 0 Å². The molecular formula is C90H140. The van der Waals surface area contributed by atoms with Crippen molar-refractivity contribution in [2.45, 2.75) is 245 Å². The largest absolute Gasteiger partial charge is 0.0798 e. The van der Waals surface area contributed by atoms with Crippen LogP contribution >= 0.6 is 0 Å². The average molecular weight is 1220 g/mol. The minimum Gasteiger partial charge on any atom is -0.0798 e. The van der Waals surface area contributed by atoms with Crippen molar-refractivity contribution in [2.24, 2.45) is 0 Å². The predicted molar refractivity (Wildman–Crippen MR) is 428 cm³/mol.